The lowest BCUT2D eigenvalue weighted by Gasteiger charge is -2.27. The highest BCUT2D eigenvalue weighted by Gasteiger charge is 2.28. The summed E-state index contributed by atoms with van der Waals surface area (Å²) in [7, 11) is 0. The van der Waals surface area contributed by atoms with E-state index in [1.165, 1.54) is 33.0 Å². The second-order valence-electron chi connectivity index (χ2n) is 11.3. The number of hydrogen-bond acceptors (Lipinski definition) is 2. The molecule has 2 heterocycles. The molecular formula is C33H31NO. The van der Waals surface area contributed by atoms with Gasteiger partial charge in [0, 0.05) is 17.3 Å². The molecule has 0 fully saturated rings. The summed E-state index contributed by atoms with van der Waals surface area (Å²) >= 11 is 0. The zero-order chi connectivity index (χ0) is 24.3. The minimum Gasteiger partial charge on any atom is -0.456 e. The molecule has 5 aromatic rings. The molecule has 35 heavy (non-hydrogen) atoms. The fourth-order valence-electron chi connectivity index (χ4n) is 5.30. The van der Waals surface area contributed by atoms with E-state index in [4.69, 9.17) is 9.72 Å². The van der Waals surface area contributed by atoms with Crippen LogP contribution < -0.4 is 4.74 Å². The van der Waals surface area contributed by atoms with Gasteiger partial charge in [-0.15, -0.1) is 0 Å². The molecule has 0 radical (unpaired) electrons. The van der Waals surface area contributed by atoms with Crippen LogP contribution in [0.15, 0.2) is 79.0 Å². The summed E-state index contributed by atoms with van der Waals surface area (Å²) in [6.07, 6.45) is 2.86. The summed E-state index contributed by atoms with van der Waals surface area (Å²) < 4.78 is 6.82. The van der Waals surface area contributed by atoms with Crippen LogP contribution in [0.5, 0.6) is 11.5 Å². The molecule has 6 rings (SSSR count). The number of benzene rings is 4. The van der Waals surface area contributed by atoms with Gasteiger partial charge >= 0.3 is 0 Å². The van der Waals surface area contributed by atoms with Gasteiger partial charge in [0.05, 0.1) is 11.1 Å². The number of nitrogens with zero attached hydrogens (tertiary/aromatic N) is 1. The minimum atomic E-state index is 0.126. The minimum absolute atomic E-state index is 0.126. The normalized spacial score (nSPS) is 12.7. The molecule has 0 saturated heterocycles. The molecule has 1 aromatic heterocycles. The Kier molecular flexibility index (Phi) is 4.96. The fraction of sp³-hybridized carbons (Fsp3) is 0.242. The van der Waals surface area contributed by atoms with Crippen LogP contribution >= 0.6 is 0 Å². The Labute approximate surface area is 207 Å². The fourth-order valence-corrected chi connectivity index (χ4v) is 5.30. The molecule has 0 unspecified atom stereocenters. The molecular weight excluding hydrogens is 426 g/mol. The van der Waals surface area contributed by atoms with Crippen LogP contribution in [-0.2, 0) is 6.42 Å². The Bertz CT molecular complexity index is 1590. The summed E-state index contributed by atoms with van der Waals surface area (Å²) in [6, 6.07) is 26.4. The van der Waals surface area contributed by atoms with E-state index in [-0.39, 0.29) is 5.41 Å². The average Bonchev–Trinajstić information content (AvgIpc) is 2.84. The molecule has 1 aliphatic rings. The quantitative estimate of drug-likeness (QED) is 0.264. The largest absolute Gasteiger partial charge is 0.456 e. The molecule has 174 valence electrons. The Morgan fingerprint density at radius 2 is 1.60 bits per heavy atom. The second kappa shape index (κ2) is 7.95. The molecule has 1 aliphatic heterocycles. The smallest absolute Gasteiger partial charge is 0.140 e. The maximum absolute atomic E-state index is 6.82. The van der Waals surface area contributed by atoms with Crippen LogP contribution in [0.1, 0.15) is 51.7 Å². The highest BCUT2D eigenvalue weighted by atomic mass is 16.5. The van der Waals surface area contributed by atoms with Gasteiger partial charge in [-0.3, -0.25) is 4.98 Å². The molecule has 0 saturated carbocycles. The van der Waals surface area contributed by atoms with Crippen molar-refractivity contribution in [1.29, 1.82) is 0 Å². The summed E-state index contributed by atoms with van der Waals surface area (Å²) in [5.74, 6) is 2.37. The van der Waals surface area contributed by atoms with E-state index in [1.807, 2.05) is 6.20 Å². The first-order valence-electron chi connectivity index (χ1n) is 12.5. The van der Waals surface area contributed by atoms with Crippen molar-refractivity contribution >= 4 is 21.5 Å². The van der Waals surface area contributed by atoms with E-state index in [2.05, 4.69) is 107 Å². The summed E-state index contributed by atoms with van der Waals surface area (Å²) in [5, 5.41) is 4.75. The number of pyridine rings is 1. The van der Waals surface area contributed by atoms with Gasteiger partial charge in [0.25, 0.3) is 0 Å². The molecule has 0 amide bonds. The van der Waals surface area contributed by atoms with Crippen molar-refractivity contribution in [3.63, 3.8) is 0 Å². The Morgan fingerprint density at radius 1 is 0.829 bits per heavy atom. The van der Waals surface area contributed by atoms with Crippen LogP contribution in [0.2, 0.25) is 0 Å². The first-order chi connectivity index (χ1) is 16.8. The Hall–Kier alpha value is -3.65. The maximum Gasteiger partial charge on any atom is 0.140 e. The number of fused-ring (bicyclic) bond motifs is 3. The van der Waals surface area contributed by atoms with Crippen LogP contribution in [0, 0.1) is 5.41 Å². The third-order valence-electron chi connectivity index (χ3n) is 7.02. The van der Waals surface area contributed by atoms with Crippen molar-refractivity contribution in [2.24, 2.45) is 5.41 Å². The predicted octanol–water partition coefficient (Wildman–Crippen LogP) is 9.54. The van der Waals surface area contributed by atoms with Crippen LogP contribution in [0.25, 0.3) is 43.9 Å². The molecule has 0 atom stereocenters. The summed E-state index contributed by atoms with van der Waals surface area (Å²) in [4.78, 5) is 4.88. The molecule has 0 N–H and O–H groups in total. The lowest BCUT2D eigenvalue weighted by Crippen LogP contribution is -2.12. The lowest BCUT2D eigenvalue weighted by atomic mass is 9.83. The summed E-state index contributed by atoms with van der Waals surface area (Å²) in [6.45, 7) is 11.3. The van der Waals surface area contributed by atoms with Crippen molar-refractivity contribution in [2.45, 2.75) is 47.0 Å². The van der Waals surface area contributed by atoms with Gasteiger partial charge < -0.3 is 4.74 Å². The SMILES string of the molecule is CC(C)c1ccc(-c2cc3c4c(nccc4c2)-c2cc4ccccc4c(CC(C)(C)C)c2O3)cc1. The van der Waals surface area contributed by atoms with E-state index >= 15 is 0 Å². The van der Waals surface area contributed by atoms with Crippen LogP contribution in [-0.4, -0.2) is 4.98 Å². The third kappa shape index (κ3) is 3.78. The van der Waals surface area contributed by atoms with Gasteiger partial charge in [-0.05, 0) is 74.9 Å². The number of ether oxygens (including phenoxy) is 1. The lowest BCUT2D eigenvalue weighted by molar-refractivity contribution is 0.400. The first-order valence-corrected chi connectivity index (χ1v) is 12.5. The number of rotatable bonds is 3. The number of hydrogen-bond donors (Lipinski definition) is 0. The van der Waals surface area contributed by atoms with Crippen molar-refractivity contribution in [3.05, 3.63) is 90.1 Å². The molecule has 0 spiro atoms. The van der Waals surface area contributed by atoms with Crippen molar-refractivity contribution in [3.8, 4) is 33.9 Å². The zero-order valence-corrected chi connectivity index (χ0v) is 21.1. The monoisotopic (exact) mass is 457 g/mol. The van der Waals surface area contributed by atoms with Gasteiger partial charge in [0.2, 0.25) is 0 Å². The van der Waals surface area contributed by atoms with E-state index in [1.54, 1.807) is 0 Å². The van der Waals surface area contributed by atoms with Crippen molar-refractivity contribution in [2.75, 3.05) is 0 Å². The second-order valence-corrected chi connectivity index (χ2v) is 11.3. The van der Waals surface area contributed by atoms with Crippen LogP contribution in [0.4, 0.5) is 0 Å². The van der Waals surface area contributed by atoms with Gasteiger partial charge in [-0.25, -0.2) is 0 Å². The Balaban J connectivity index is 1.59. The molecule has 0 bridgehead atoms. The standard InChI is InChI=1S/C33H31NO/c1-20(2)21-10-12-22(13-11-21)25-16-24-14-15-34-31-27-17-23-8-6-7-9-26(23)28(19-33(3,4)5)32(27)35-29(18-25)30(24)31/h6-18,20H,19H2,1-5H3. The van der Waals surface area contributed by atoms with Gasteiger partial charge in [0.15, 0.2) is 0 Å². The van der Waals surface area contributed by atoms with Crippen LogP contribution in [0.3, 0.4) is 0 Å². The van der Waals surface area contributed by atoms with E-state index < -0.39 is 0 Å². The van der Waals surface area contributed by atoms with Crippen molar-refractivity contribution in [1.82, 2.24) is 4.98 Å². The predicted molar refractivity (Wildman–Crippen MR) is 147 cm³/mol. The zero-order valence-electron chi connectivity index (χ0n) is 21.1. The third-order valence-corrected chi connectivity index (χ3v) is 7.02. The van der Waals surface area contributed by atoms with E-state index in [9.17, 15) is 0 Å². The van der Waals surface area contributed by atoms with E-state index in [0.717, 1.165) is 39.9 Å². The highest BCUT2D eigenvalue weighted by molar-refractivity contribution is 6.07. The van der Waals surface area contributed by atoms with Gasteiger partial charge in [-0.2, -0.15) is 0 Å². The van der Waals surface area contributed by atoms with Gasteiger partial charge in [0.1, 0.15) is 11.5 Å². The van der Waals surface area contributed by atoms with Gasteiger partial charge in [-0.1, -0.05) is 83.1 Å². The molecule has 4 aromatic carbocycles. The Morgan fingerprint density at radius 3 is 2.34 bits per heavy atom. The average molecular weight is 458 g/mol. The van der Waals surface area contributed by atoms with E-state index in [0.29, 0.717) is 5.92 Å². The molecule has 2 heteroatoms. The maximum atomic E-state index is 6.82. The summed E-state index contributed by atoms with van der Waals surface area (Å²) in [5.41, 5.74) is 7.22. The molecule has 2 nitrogen and oxygen atoms in total. The highest BCUT2D eigenvalue weighted by Crippen LogP contribution is 2.51. The number of aromatic nitrogens is 1. The molecule has 0 aliphatic carbocycles. The van der Waals surface area contributed by atoms with Crippen molar-refractivity contribution < 1.29 is 4.74 Å². The topological polar surface area (TPSA) is 22.1 Å². The first kappa shape index (κ1) is 21.9.